The molecule has 3 aliphatic heterocycles. The largest absolute Gasteiger partial charge is 0.486 e. The van der Waals surface area contributed by atoms with Crippen LogP contribution in [0.15, 0.2) is 71.1 Å². The number of fused-ring (bicyclic) bond motifs is 3. The number of furan rings is 1. The van der Waals surface area contributed by atoms with Crippen LogP contribution >= 0.6 is 12.4 Å². The first kappa shape index (κ1) is 25.6. The van der Waals surface area contributed by atoms with Gasteiger partial charge in [-0.2, -0.15) is 0 Å². The second-order valence-corrected chi connectivity index (χ2v) is 9.00. The van der Waals surface area contributed by atoms with Crippen molar-refractivity contribution in [1.29, 1.82) is 0 Å². The predicted octanol–water partition coefficient (Wildman–Crippen LogP) is 4.89. The number of carbonyl (C=O) groups excluding carboxylic acids is 1. The van der Waals surface area contributed by atoms with Crippen LogP contribution in [-0.2, 0) is 11.3 Å². The number of carboxylic acids is 1. The van der Waals surface area contributed by atoms with Crippen LogP contribution in [0.2, 0.25) is 0 Å². The normalized spacial score (nSPS) is 21.2. The van der Waals surface area contributed by atoms with Crippen molar-refractivity contribution < 1.29 is 28.6 Å². The van der Waals surface area contributed by atoms with Crippen LogP contribution in [-0.4, -0.2) is 47.8 Å². The summed E-state index contributed by atoms with van der Waals surface area (Å²) >= 11 is 0. The predicted molar refractivity (Wildman–Crippen MR) is 135 cm³/mol. The lowest BCUT2D eigenvalue weighted by atomic mass is 9.86. The second-order valence-electron chi connectivity index (χ2n) is 9.00. The molecule has 2 aromatic carbocycles. The fourth-order valence-electron chi connectivity index (χ4n) is 4.85. The highest BCUT2D eigenvalue weighted by Gasteiger charge is 2.36. The number of amides is 1. The van der Waals surface area contributed by atoms with Gasteiger partial charge in [-0.3, -0.25) is 4.90 Å². The number of halogens is 1. The Bertz CT molecular complexity index is 1180. The molecule has 4 heterocycles. The molecule has 190 valence electrons. The number of hydrogen-bond acceptors (Lipinski definition) is 6. The summed E-state index contributed by atoms with van der Waals surface area (Å²) in [6.07, 6.45) is 1.64. The minimum absolute atomic E-state index is 0. The molecule has 6 rings (SSSR count). The summed E-state index contributed by atoms with van der Waals surface area (Å²) in [5.41, 5.74) is 1.76. The van der Waals surface area contributed by atoms with Gasteiger partial charge >= 0.3 is 12.1 Å². The van der Waals surface area contributed by atoms with Crippen LogP contribution in [0.1, 0.15) is 46.3 Å². The van der Waals surface area contributed by atoms with Gasteiger partial charge in [-0.05, 0) is 67.2 Å². The monoisotopic (exact) mass is 512 g/mol. The van der Waals surface area contributed by atoms with Crippen molar-refractivity contribution in [2.75, 3.05) is 19.6 Å². The van der Waals surface area contributed by atoms with Crippen molar-refractivity contribution in [1.82, 2.24) is 10.2 Å². The molecule has 0 saturated carbocycles. The number of aromatic carboxylic acids is 1. The van der Waals surface area contributed by atoms with Crippen molar-refractivity contribution >= 4 is 24.5 Å². The summed E-state index contributed by atoms with van der Waals surface area (Å²) < 4.78 is 17.0. The number of piperidine rings is 3. The van der Waals surface area contributed by atoms with E-state index in [1.807, 2.05) is 48.5 Å². The number of rotatable bonds is 8. The number of hydrogen-bond donors (Lipinski definition) is 2. The van der Waals surface area contributed by atoms with E-state index in [4.69, 9.17) is 19.0 Å². The molecule has 8 nitrogen and oxygen atoms in total. The highest BCUT2D eigenvalue weighted by Crippen LogP contribution is 2.30. The Balaban J connectivity index is 0.00000304. The van der Waals surface area contributed by atoms with E-state index in [2.05, 4.69) is 10.2 Å². The minimum Gasteiger partial charge on any atom is -0.486 e. The van der Waals surface area contributed by atoms with E-state index >= 15 is 0 Å². The topological polar surface area (TPSA) is 101 Å². The number of nitrogens with zero attached hydrogens (tertiary/aromatic N) is 1. The fourth-order valence-corrected chi connectivity index (χ4v) is 4.85. The maximum atomic E-state index is 13.0. The number of alkyl carbamates (subject to hydrolysis) is 1. The molecule has 0 radical (unpaired) electrons. The molecule has 1 amide bonds. The number of carbonyl (C=O) groups is 2. The summed E-state index contributed by atoms with van der Waals surface area (Å²) in [7, 11) is 0. The molecule has 36 heavy (non-hydrogen) atoms. The quantitative estimate of drug-likeness (QED) is 0.443. The van der Waals surface area contributed by atoms with Crippen LogP contribution < -0.4 is 10.1 Å². The lowest BCUT2D eigenvalue weighted by Crippen LogP contribution is -2.52. The first-order valence-electron chi connectivity index (χ1n) is 11.8. The van der Waals surface area contributed by atoms with Gasteiger partial charge in [-0.15, -0.1) is 12.4 Å². The molecule has 0 aliphatic carbocycles. The van der Waals surface area contributed by atoms with Crippen molar-refractivity contribution in [3.8, 4) is 5.75 Å². The molecule has 1 unspecified atom stereocenters. The van der Waals surface area contributed by atoms with E-state index in [0.29, 0.717) is 17.4 Å². The summed E-state index contributed by atoms with van der Waals surface area (Å²) in [6, 6.07) is 19.7. The van der Waals surface area contributed by atoms with Crippen molar-refractivity contribution in [3.05, 3.63) is 89.4 Å². The van der Waals surface area contributed by atoms with Crippen LogP contribution in [0.4, 0.5) is 4.79 Å². The van der Waals surface area contributed by atoms with E-state index in [1.54, 1.807) is 12.1 Å². The van der Waals surface area contributed by atoms with Crippen LogP contribution in [0.5, 0.6) is 5.75 Å². The molecule has 1 aromatic heterocycles. The first-order valence-corrected chi connectivity index (χ1v) is 11.8. The standard InChI is InChI=1S/C27H28N2O6.ClH/c30-26(31)23-10-9-22(34-23)17-33-21-8-4-7-20(15-21)25(19-5-2-1-3-6-19)28-27(32)35-24-16-29-13-11-18(24)12-14-29;/h1-10,15,18,24-25H,11-14,16-17H2,(H,28,32)(H,30,31);1H/t24-,25?;/m0./s1. The molecule has 0 spiro atoms. The molecule has 2 atom stereocenters. The van der Waals surface area contributed by atoms with Crippen LogP contribution in [0, 0.1) is 5.92 Å². The Kier molecular flexibility index (Phi) is 8.18. The number of benzene rings is 2. The SMILES string of the molecule is Cl.O=C(NC(c1ccccc1)c1cccc(OCc2ccc(C(=O)O)o2)c1)O[C@H]1CN2CCC1CC2. The zero-order valence-electron chi connectivity index (χ0n) is 19.7. The summed E-state index contributed by atoms with van der Waals surface area (Å²) in [5.74, 6) is 0.157. The van der Waals surface area contributed by atoms with E-state index in [-0.39, 0.29) is 30.9 Å². The van der Waals surface area contributed by atoms with E-state index < -0.39 is 18.1 Å². The highest BCUT2D eigenvalue weighted by atomic mass is 35.5. The van der Waals surface area contributed by atoms with Gasteiger partial charge in [0.1, 0.15) is 24.2 Å². The molecule has 3 aliphatic rings. The van der Waals surface area contributed by atoms with Crippen molar-refractivity contribution in [3.63, 3.8) is 0 Å². The van der Waals surface area contributed by atoms with Crippen LogP contribution in [0.25, 0.3) is 0 Å². The van der Waals surface area contributed by atoms with Gasteiger partial charge in [-0.25, -0.2) is 9.59 Å². The minimum atomic E-state index is -1.12. The molecule has 2 bridgehead atoms. The third-order valence-corrected chi connectivity index (χ3v) is 6.69. The Morgan fingerprint density at radius 2 is 1.78 bits per heavy atom. The molecular weight excluding hydrogens is 484 g/mol. The van der Waals surface area contributed by atoms with Gasteiger partial charge in [0.2, 0.25) is 5.76 Å². The lowest BCUT2D eigenvalue weighted by Gasteiger charge is -2.43. The molecule has 9 heteroatoms. The van der Waals surface area contributed by atoms with Gasteiger partial charge in [0, 0.05) is 6.54 Å². The van der Waals surface area contributed by atoms with Gasteiger partial charge in [0.15, 0.2) is 0 Å². The van der Waals surface area contributed by atoms with Gasteiger partial charge in [-0.1, -0.05) is 42.5 Å². The summed E-state index contributed by atoms with van der Waals surface area (Å²) in [5, 5.41) is 12.1. The van der Waals surface area contributed by atoms with Crippen LogP contribution in [0.3, 0.4) is 0 Å². The Morgan fingerprint density at radius 1 is 1.03 bits per heavy atom. The van der Waals surface area contributed by atoms with Gasteiger partial charge in [0.05, 0.1) is 6.04 Å². The Morgan fingerprint density at radius 3 is 2.44 bits per heavy atom. The first-order chi connectivity index (χ1) is 17.0. The Labute approximate surface area is 215 Å². The van der Waals surface area contributed by atoms with E-state index in [0.717, 1.165) is 43.6 Å². The fraction of sp³-hybridized carbons (Fsp3) is 0.333. The number of nitrogens with one attached hydrogen (secondary N) is 1. The Hall–Kier alpha value is -3.49. The summed E-state index contributed by atoms with van der Waals surface area (Å²) in [4.78, 5) is 26.3. The average Bonchev–Trinajstić information content (AvgIpc) is 3.37. The number of ether oxygens (including phenoxy) is 2. The van der Waals surface area contributed by atoms with E-state index in [9.17, 15) is 9.59 Å². The molecule has 3 fully saturated rings. The molecule has 3 aromatic rings. The third kappa shape index (κ3) is 6.01. The maximum Gasteiger partial charge on any atom is 0.408 e. The van der Waals surface area contributed by atoms with Gasteiger partial charge in [0.25, 0.3) is 0 Å². The van der Waals surface area contributed by atoms with Crippen molar-refractivity contribution in [2.45, 2.75) is 31.6 Å². The van der Waals surface area contributed by atoms with E-state index in [1.165, 1.54) is 6.07 Å². The zero-order valence-corrected chi connectivity index (χ0v) is 20.5. The van der Waals surface area contributed by atoms with Crippen molar-refractivity contribution in [2.24, 2.45) is 5.92 Å². The zero-order chi connectivity index (χ0) is 24.2. The lowest BCUT2D eigenvalue weighted by molar-refractivity contribution is -0.0336. The summed E-state index contributed by atoms with van der Waals surface area (Å²) in [6.45, 7) is 3.05. The molecule has 3 saturated heterocycles. The molecular formula is C27H29ClN2O6. The van der Waals surface area contributed by atoms with Gasteiger partial charge < -0.3 is 24.3 Å². The maximum absolute atomic E-state index is 13.0. The smallest absolute Gasteiger partial charge is 0.408 e. The third-order valence-electron chi connectivity index (χ3n) is 6.69. The second kappa shape index (κ2) is 11.5. The average molecular weight is 513 g/mol. The highest BCUT2D eigenvalue weighted by molar-refractivity contribution is 5.85. The number of carboxylic acid groups (broad SMARTS) is 1. The molecule has 2 N–H and O–H groups in total.